The molecule has 0 spiro atoms. The van der Waals surface area contributed by atoms with Crippen molar-refractivity contribution in [2.24, 2.45) is 5.92 Å². The number of ether oxygens (including phenoxy) is 1. The zero-order valence-corrected chi connectivity index (χ0v) is 20.4. The zero-order valence-electron chi connectivity index (χ0n) is 18.2. The highest BCUT2D eigenvalue weighted by molar-refractivity contribution is 14.1. The summed E-state index contributed by atoms with van der Waals surface area (Å²) in [5.74, 6) is 0.531. The zero-order chi connectivity index (χ0) is 23.8. The van der Waals surface area contributed by atoms with E-state index >= 15 is 0 Å². The van der Waals surface area contributed by atoms with Gasteiger partial charge in [0, 0.05) is 27.8 Å². The number of anilines is 1. The van der Waals surface area contributed by atoms with Crippen molar-refractivity contribution in [2.75, 3.05) is 12.4 Å². The average Bonchev–Trinajstić information content (AvgIpc) is 3.21. The summed E-state index contributed by atoms with van der Waals surface area (Å²) in [6, 6.07) is 5.73. The van der Waals surface area contributed by atoms with Crippen LogP contribution >= 0.6 is 22.6 Å². The van der Waals surface area contributed by atoms with Crippen LogP contribution in [-0.4, -0.2) is 31.7 Å². The fraction of sp³-hybridized carbons (Fsp3) is 0.435. The van der Waals surface area contributed by atoms with E-state index < -0.39 is 17.6 Å². The summed E-state index contributed by atoms with van der Waals surface area (Å²) in [5.41, 5.74) is 0.120. The van der Waals surface area contributed by atoms with E-state index in [4.69, 9.17) is 9.84 Å². The Morgan fingerprint density at radius 3 is 2.55 bits per heavy atom. The van der Waals surface area contributed by atoms with Crippen LogP contribution in [0.15, 0.2) is 36.7 Å². The maximum absolute atomic E-state index is 12.7. The number of hydrogen-bond donors (Lipinski definition) is 1. The number of rotatable bonds is 5. The highest BCUT2D eigenvalue weighted by atomic mass is 127. The highest BCUT2D eigenvalue weighted by Gasteiger charge is 2.31. The molecule has 1 aromatic carbocycles. The lowest BCUT2D eigenvalue weighted by Crippen LogP contribution is -2.22. The molecule has 4 rings (SSSR count). The summed E-state index contributed by atoms with van der Waals surface area (Å²) in [6.07, 6.45) is 2.61. The molecule has 1 N–H and O–H groups in total. The van der Waals surface area contributed by atoms with E-state index in [1.54, 1.807) is 12.1 Å². The van der Waals surface area contributed by atoms with Gasteiger partial charge >= 0.3 is 6.18 Å². The molecule has 1 unspecified atom stereocenters. The molecule has 176 valence electrons. The van der Waals surface area contributed by atoms with Gasteiger partial charge in [-0.1, -0.05) is 29.5 Å². The van der Waals surface area contributed by atoms with Crippen LogP contribution in [-0.2, 0) is 6.18 Å². The number of hydrogen-bond acceptors (Lipinski definition) is 4. The van der Waals surface area contributed by atoms with Crippen molar-refractivity contribution in [1.82, 2.24) is 14.8 Å². The largest absolute Gasteiger partial charge is 0.494 e. The fourth-order valence-electron chi connectivity index (χ4n) is 4.23. The molecule has 0 radical (unpaired) electrons. The number of amides is 1. The number of alkyl halides is 4. The molecule has 1 fully saturated rings. The third-order valence-electron chi connectivity index (χ3n) is 6.18. The third-order valence-corrected chi connectivity index (χ3v) is 7.20. The number of benzene rings is 1. The molecule has 1 aliphatic carbocycles. The van der Waals surface area contributed by atoms with Gasteiger partial charge in [-0.2, -0.15) is 18.3 Å². The maximum Gasteiger partial charge on any atom is 0.417 e. The number of nitrogens with one attached hydrogen (secondary N) is 1. The smallest absolute Gasteiger partial charge is 0.417 e. The van der Waals surface area contributed by atoms with Crippen molar-refractivity contribution < 1.29 is 22.7 Å². The molecule has 33 heavy (non-hydrogen) atoms. The number of fused-ring (bicyclic) bond motifs is 1. The first-order valence-corrected chi connectivity index (χ1v) is 12.0. The van der Waals surface area contributed by atoms with Crippen LogP contribution in [0.5, 0.6) is 5.75 Å². The van der Waals surface area contributed by atoms with Gasteiger partial charge in [-0.25, -0.2) is 0 Å². The van der Waals surface area contributed by atoms with Crippen LogP contribution in [0, 0.1) is 5.92 Å². The molecular formula is C23H24F3IN4O2. The predicted molar refractivity (Wildman–Crippen MR) is 128 cm³/mol. The van der Waals surface area contributed by atoms with Crippen molar-refractivity contribution in [2.45, 2.75) is 48.7 Å². The van der Waals surface area contributed by atoms with Gasteiger partial charge in [-0.05, 0) is 49.8 Å². The maximum atomic E-state index is 12.7. The lowest BCUT2D eigenvalue weighted by atomic mass is 9.84. The second-order valence-electron chi connectivity index (χ2n) is 8.35. The Morgan fingerprint density at radius 2 is 1.97 bits per heavy atom. The minimum absolute atomic E-state index is 0.123. The van der Waals surface area contributed by atoms with Gasteiger partial charge in [-0.3, -0.25) is 14.5 Å². The normalized spacial score (nSPS) is 19.9. The van der Waals surface area contributed by atoms with Gasteiger partial charge in [-0.15, -0.1) is 0 Å². The summed E-state index contributed by atoms with van der Waals surface area (Å²) in [7, 11) is 1.48. The molecule has 1 saturated carbocycles. The Kier molecular flexibility index (Phi) is 6.83. The van der Waals surface area contributed by atoms with Crippen LogP contribution < -0.4 is 10.1 Å². The van der Waals surface area contributed by atoms with Gasteiger partial charge < -0.3 is 10.1 Å². The molecule has 1 aliphatic rings. The summed E-state index contributed by atoms with van der Waals surface area (Å²) in [4.78, 5) is 16.2. The first kappa shape index (κ1) is 23.8. The van der Waals surface area contributed by atoms with Gasteiger partial charge in [0.15, 0.2) is 0 Å². The molecule has 10 heteroatoms. The van der Waals surface area contributed by atoms with Crippen LogP contribution in [0.4, 0.5) is 18.9 Å². The highest BCUT2D eigenvalue weighted by Crippen LogP contribution is 2.37. The number of aromatic nitrogens is 3. The van der Waals surface area contributed by atoms with Gasteiger partial charge in [0.2, 0.25) is 0 Å². The number of pyridine rings is 1. The van der Waals surface area contributed by atoms with Crippen LogP contribution in [0.1, 0.15) is 54.7 Å². The van der Waals surface area contributed by atoms with Crippen LogP contribution in [0.2, 0.25) is 0 Å². The number of halogens is 4. The Labute approximate surface area is 203 Å². The molecule has 3 aromatic rings. The van der Waals surface area contributed by atoms with E-state index in [2.05, 4.69) is 39.8 Å². The van der Waals surface area contributed by atoms with Crippen molar-refractivity contribution in [3.63, 3.8) is 0 Å². The Morgan fingerprint density at radius 1 is 1.24 bits per heavy atom. The predicted octanol–water partition coefficient (Wildman–Crippen LogP) is 6.27. The lowest BCUT2D eigenvalue weighted by molar-refractivity contribution is -0.137. The lowest BCUT2D eigenvalue weighted by Gasteiger charge is -2.30. The number of nitrogens with zero attached hydrogens (tertiary/aromatic N) is 3. The third kappa shape index (κ3) is 5.25. The molecule has 1 amide bonds. The average molecular weight is 572 g/mol. The minimum Gasteiger partial charge on any atom is -0.494 e. The molecule has 0 bridgehead atoms. The molecule has 2 heterocycles. The van der Waals surface area contributed by atoms with Crippen molar-refractivity contribution in [3.05, 3.63) is 47.9 Å². The topological polar surface area (TPSA) is 69.0 Å². The molecule has 0 aliphatic heterocycles. The molecule has 0 saturated heterocycles. The Bertz CT molecular complexity index is 1140. The van der Waals surface area contributed by atoms with E-state index in [0.717, 1.165) is 41.8 Å². The molecule has 1 atom stereocenters. The van der Waals surface area contributed by atoms with E-state index in [9.17, 15) is 18.0 Å². The summed E-state index contributed by atoms with van der Waals surface area (Å²) in [5, 5.41) is 8.26. The Balaban J connectivity index is 1.54. The standard InChI is InChI=1S/C23H24F3IN4O2/c1-13(27)14-3-6-17(7-4-14)31-12-15-9-20(21(33-2)10-19(15)30-31)29-22(32)18-8-5-16(11-28-18)23(24,25)26/h5,8-14,17H,3-4,6-7H2,1-2H3,(H,29,32). The first-order chi connectivity index (χ1) is 15.7. The van der Waals surface area contributed by atoms with Crippen molar-refractivity contribution in [1.29, 1.82) is 0 Å². The van der Waals surface area contributed by atoms with Crippen molar-refractivity contribution in [3.8, 4) is 5.75 Å². The number of carbonyl (C=O) groups excluding carboxylic acids is 1. The van der Waals surface area contributed by atoms with Gasteiger partial charge in [0.05, 0.1) is 29.9 Å². The monoisotopic (exact) mass is 572 g/mol. The van der Waals surface area contributed by atoms with E-state index in [1.807, 2.05) is 10.9 Å². The summed E-state index contributed by atoms with van der Waals surface area (Å²) < 4.78 is 46.3. The molecular weight excluding hydrogens is 548 g/mol. The summed E-state index contributed by atoms with van der Waals surface area (Å²) >= 11 is 2.50. The van der Waals surface area contributed by atoms with Crippen LogP contribution in [0.25, 0.3) is 10.9 Å². The van der Waals surface area contributed by atoms with E-state index in [-0.39, 0.29) is 5.69 Å². The fourth-order valence-corrected chi connectivity index (χ4v) is 4.95. The number of carbonyl (C=O) groups is 1. The second kappa shape index (κ2) is 9.47. The number of methoxy groups -OCH3 is 1. The Hall–Kier alpha value is -2.37. The van der Waals surface area contributed by atoms with Crippen molar-refractivity contribution >= 4 is 45.1 Å². The SMILES string of the molecule is COc1cc2nn(C3CCC(C(C)I)CC3)cc2cc1NC(=O)c1ccc(C(F)(F)F)cn1. The first-order valence-electron chi connectivity index (χ1n) is 10.7. The second-order valence-corrected chi connectivity index (χ2v) is 10.3. The van der Waals surface area contributed by atoms with E-state index in [1.165, 1.54) is 20.0 Å². The summed E-state index contributed by atoms with van der Waals surface area (Å²) in [6.45, 7) is 2.26. The van der Waals surface area contributed by atoms with Crippen LogP contribution in [0.3, 0.4) is 0 Å². The molecule has 6 nitrogen and oxygen atoms in total. The molecule has 2 aromatic heterocycles. The minimum atomic E-state index is -4.51. The van der Waals surface area contributed by atoms with E-state index in [0.29, 0.717) is 27.6 Å². The van der Waals surface area contributed by atoms with Gasteiger partial charge in [0.25, 0.3) is 5.91 Å². The van der Waals surface area contributed by atoms with Gasteiger partial charge in [0.1, 0.15) is 11.4 Å². The quantitative estimate of drug-likeness (QED) is 0.289.